The van der Waals surface area contributed by atoms with Crippen LogP contribution in [-0.4, -0.2) is 42.0 Å². The molecule has 0 spiro atoms. The molecule has 0 unspecified atom stereocenters. The summed E-state index contributed by atoms with van der Waals surface area (Å²) in [6.45, 7) is 5.91. The van der Waals surface area contributed by atoms with E-state index in [-0.39, 0.29) is 12.0 Å². The zero-order chi connectivity index (χ0) is 17.8. The van der Waals surface area contributed by atoms with Gasteiger partial charge in [0.25, 0.3) is 5.91 Å². The minimum absolute atomic E-state index is 0.144. The number of anilines is 1. The van der Waals surface area contributed by atoms with Gasteiger partial charge in [0.05, 0.1) is 11.3 Å². The standard InChI is InChI=1S/C20H25N3O2/c1-14-4-9-19(15(2)21-14)20(24)22-16-5-7-17(8-6-16)25-18-10-12-23(3)13-11-18/h4-9,18H,10-13H2,1-3H3,(H,22,24). The van der Waals surface area contributed by atoms with Gasteiger partial charge in [-0.1, -0.05) is 0 Å². The van der Waals surface area contributed by atoms with Crippen LogP contribution in [0, 0.1) is 13.8 Å². The number of hydrogen-bond donors (Lipinski definition) is 1. The largest absolute Gasteiger partial charge is 0.490 e. The quantitative estimate of drug-likeness (QED) is 0.927. The van der Waals surface area contributed by atoms with Crippen LogP contribution in [0.4, 0.5) is 5.69 Å². The van der Waals surface area contributed by atoms with E-state index in [4.69, 9.17) is 4.74 Å². The van der Waals surface area contributed by atoms with E-state index in [9.17, 15) is 4.79 Å². The average molecular weight is 339 g/mol. The van der Waals surface area contributed by atoms with Gasteiger partial charge >= 0.3 is 0 Å². The van der Waals surface area contributed by atoms with E-state index in [1.807, 2.05) is 50.2 Å². The number of aryl methyl sites for hydroxylation is 2. The Kier molecular flexibility index (Phi) is 5.34. The highest BCUT2D eigenvalue weighted by Gasteiger charge is 2.18. The Morgan fingerprint density at radius 3 is 2.44 bits per heavy atom. The molecule has 1 aromatic carbocycles. The predicted molar refractivity (Wildman–Crippen MR) is 99.3 cm³/mol. The van der Waals surface area contributed by atoms with Gasteiger partial charge in [0.2, 0.25) is 0 Å². The minimum atomic E-state index is -0.144. The molecular formula is C20H25N3O2. The highest BCUT2D eigenvalue weighted by atomic mass is 16.5. The number of likely N-dealkylation sites (tertiary alicyclic amines) is 1. The highest BCUT2D eigenvalue weighted by Crippen LogP contribution is 2.21. The second kappa shape index (κ2) is 7.66. The Labute approximate surface area is 149 Å². The van der Waals surface area contributed by atoms with Crippen LogP contribution in [0.15, 0.2) is 36.4 Å². The summed E-state index contributed by atoms with van der Waals surface area (Å²) in [5, 5.41) is 2.91. The monoisotopic (exact) mass is 339 g/mol. The number of piperidine rings is 1. The Morgan fingerprint density at radius 2 is 1.80 bits per heavy atom. The molecule has 1 saturated heterocycles. The van der Waals surface area contributed by atoms with Crippen molar-refractivity contribution in [1.82, 2.24) is 9.88 Å². The van der Waals surface area contributed by atoms with Crippen LogP contribution >= 0.6 is 0 Å². The maximum absolute atomic E-state index is 12.4. The summed E-state index contributed by atoms with van der Waals surface area (Å²) in [7, 11) is 2.14. The molecule has 132 valence electrons. The molecule has 25 heavy (non-hydrogen) atoms. The van der Waals surface area contributed by atoms with Gasteiger partial charge < -0.3 is 15.0 Å². The average Bonchev–Trinajstić information content (AvgIpc) is 2.58. The number of rotatable bonds is 4. The van der Waals surface area contributed by atoms with Crippen LogP contribution in [-0.2, 0) is 0 Å². The fourth-order valence-corrected chi connectivity index (χ4v) is 3.04. The molecule has 0 atom stereocenters. The number of aromatic nitrogens is 1. The molecule has 0 saturated carbocycles. The summed E-state index contributed by atoms with van der Waals surface area (Å²) in [5.74, 6) is 0.703. The Bertz CT molecular complexity index is 735. The van der Waals surface area contributed by atoms with Crippen LogP contribution in [0.2, 0.25) is 0 Å². The second-order valence-corrected chi connectivity index (χ2v) is 6.68. The molecular weight excluding hydrogens is 314 g/mol. The van der Waals surface area contributed by atoms with Gasteiger partial charge in [-0.2, -0.15) is 0 Å². The first kappa shape index (κ1) is 17.4. The molecule has 2 heterocycles. The Hall–Kier alpha value is -2.40. The van der Waals surface area contributed by atoms with E-state index < -0.39 is 0 Å². The van der Waals surface area contributed by atoms with Crippen molar-refractivity contribution in [2.45, 2.75) is 32.8 Å². The van der Waals surface area contributed by atoms with E-state index in [1.54, 1.807) is 0 Å². The molecule has 2 aromatic rings. The topological polar surface area (TPSA) is 54.5 Å². The minimum Gasteiger partial charge on any atom is -0.490 e. The first-order chi connectivity index (χ1) is 12.0. The lowest BCUT2D eigenvalue weighted by molar-refractivity contribution is 0.102. The molecule has 5 nitrogen and oxygen atoms in total. The van der Waals surface area contributed by atoms with E-state index in [1.165, 1.54) is 0 Å². The number of carbonyl (C=O) groups excluding carboxylic acids is 1. The van der Waals surface area contributed by atoms with Crippen LogP contribution in [0.25, 0.3) is 0 Å². The lowest BCUT2D eigenvalue weighted by Crippen LogP contribution is -2.35. The first-order valence-electron chi connectivity index (χ1n) is 8.72. The lowest BCUT2D eigenvalue weighted by atomic mass is 10.1. The van der Waals surface area contributed by atoms with Crippen LogP contribution < -0.4 is 10.1 Å². The Morgan fingerprint density at radius 1 is 1.12 bits per heavy atom. The first-order valence-corrected chi connectivity index (χ1v) is 8.72. The van der Waals surface area contributed by atoms with Crippen molar-refractivity contribution in [3.63, 3.8) is 0 Å². The number of nitrogens with zero attached hydrogens (tertiary/aromatic N) is 2. The molecule has 0 aliphatic carbocycles. The molecule has 1 N–H and O–H groups in total. The van der Waals surface area contributed by atoms with Crippen molar-refractivity contribution >= 4 is 11.6 Å². The lowest BCUT2D eigenvalue weighted by Gasteiger charge is -2.29. The zero-order valence-electron chi connectivity index (χ0n) is 15.1. The summed E-state index contributed by atoms with van der Waals surface area (Å²) in [4.78, 5) is 19.0. The van der Waals surface area contributed by atoms with Gasteiger partial charge in [-0.05, 0) is 70.1 Å². The van der Waals surface area contributed by atoms with Crippen molar-refractivity contribution in [3.05, 3.63) is 53.3 Å². The van der Waals surface area contributed by atoms with E-state index in [0.717, 1.165) is 48.8 Å². The number of benzene rings is 1. The number of pyridine rings is 1. The van der Waals surface area contributed by atoms with Gasteiger partial charge in [-0.3, -0.25) is 9.78 Å². The molecule has 1 aromatic heterocycles. The van der Waals surface area contributed by atoms with E-state index in [2.05, 4.69) is 22.2 Å². The van der Waals surface area contributed by atoms with Crippen LogP contribution in [0.3, 0.4) is 0 Å². The molecule has 5 heteroatoms. The molecule has 1 aliphatic heterocycles. The number of ether oxygens (including phenoxy) is 1. The predicted octanol–water partition coefficient (Wildman–Crippen LogP) is 3.42. The number of nitrogens with one attached hydrogen (secondary N) is 1. The summed E-state index contributed by atoms with van der Waals surface area (Å²) >= 11 is 0. The van der Waals surface area contributed by atoms with Crippen LogP contribution in [0.5, 0.6) is 5.75 Å². The SMILES string of the molecule is Cc1ccc(C(=O)Nc2ccc(OC3CCN(C)CC3)cc2)c(C)n1. The molecule has 1 fully saturated rings. The van der Waals surface area contributed by atoms with Crippen molar-refractivity contribution in [2.75, 3.05) is 25.5 Å². The summed E-state index contributed by atoms with van der Waals surface area (Å²) in [6, 6.07) is 11.2. The highest BCUT2D eigenvalue weighted by molar-refractivity contribution is 6.05. The Balaban J connectivity index is 1.59. The van der Waals surface area contributed by atoms with Crippen LogP contribution in [0.1, 0.15) is 34.6 Å². The molecule has 0 radical (unpaired) electrons. The molecule has 3 rings (SSSR count). The van der Waals surface area contributed by atoms with E-state index >= 15 is 0 Å². The molecule has 0 bridgehead atoms. The number of hydrogen-bond acceptors (Lipinski definition) is 4. The summed E-state index contributed by atoms with van der Waals surface area (Å²) in [6.07, 6.45) is 2.38. The molecule has 1 amide bonds. The van der Waals surface area contributed by atoms with Crippen molar-refractivity contribution in [1.29, 1.82) is 0 Å². The maximum atomic E-state index is 12.4. The fourth-order valence-electron chi connectivity index (χ4n) is 3.04. The zero-order valence-corrected chi connectivity index (χ0v) is 15.1. The fraction of sp³-hybridized carbons (Fsp3) is 0.400. The smallest absolute Gasteiger partial charge is 0.257 e. The van der Waals surface area contributed by atoms with Crippen molar-refractivity contribution in [2.24, 2.45) is 0 Å². The van der Waals surface area contributed by atoms with E-state index in [0.29, 0.717) is 5.56 Å². The third-order valence-electron chi connectivity index (χ3n) is 4.55. The van der Waals surface area contributed by atoms with Crippen molar-refractivity contribution < 1.29 is 9.53 Å². The van der Waals surface area contributed by atoms with Gasteiger partial charge in [0.15, 0.2) is 0 Å². The summed E-state index contributed by atoms with van der Waals surface area (Å²) in [5.41, 5.74) is 2.99. The second-order valence-electron chi connectivity index (χ2n) is 6.68. The third kappa shape index (κ3) is 4.57. The third-order valence-corrected chi connectivity index (χ3v) is 4.55. The van der Waals surface area contributed by atoms with Crippen molar-refractivity contribution in [3.8, 4) is 5.75 Å². The number of amides is 1. The van der Waals surface area contributed by atoms with Gasteiger partial charge in [0, 0.05) is 24.5 Å². The normalized spacial score (nSPS) is 15.8. The van der Waals surface area contributed by atoms with Gasteiger partial charge in [0.1, 0.15) is 11.9 Å². The molecule has 1 aliphatic rings. The summed E-state index contributed by atoms with van der Waals surface area (Å²) < 4.78 is 6.03. The van der Waals surface area contributed by atoms with Gasteiger partial charge in [-0.25, -0.2) is 0 Å². The number of carbonyl (C=O) groups is 1. The van der Waals surface area contributed by atoms with Gasteiger partial charge in [-0.15, -0.1) is 0 Å². The maximum Gasteiger partial charge on any atom is 0.257 e.